The van der Waals surface area contributed by atoms with Gasteiger partial charge in [0, 0.05) is 32.6 Å². The summed E-state index contributed by atoms with van der Waals surface area (Å²) in [6, 6.07) is 8.24. The van der Waals surface area contributed by atoms with Crippen LogP contribution >= 0.6 is 0 Å². The van der Waals surface area contributed by atoms with Gasteiger partial charge in [-0.1, -0.05) is 18.2 Å². The number of rotatable bonds is 11. The van der Waals surface area contributed by atoms with E-state index in [0.717, 1.165) is 26.2 Å². The van der Waals surface area contributed by atoms with Crippen molar-refractivity contribution in [2.75, 3.05) is 52.0 Å². The summed E-state index contributed by atoms with van der Waals surface area (Å²) >= 11 is 0. The summed E-state index contributed by atoms with van der Waals surface area (Å²) in [7, 11) is 1.70. The van der Waals surface area contributed by atoms with E-state index in [4.69, 9.17) is 14.2 Å². The van der Waals surface area contributed by atoms with Gasteiger partial charge in [0.1, 0.15) is 0 Å². The summed E-state index contributed by atoms with van der Waals surface area (Å²) in [5.41, 5.74) is 2.42. The van der Waals surface area contributed by atoms with Crippen LogP contribution in [0.4, 0.5) is 5.69 Å². The highest BCUT2D eigenvalue weighted by Crippen LogP contribution is 2.12. The fourth-order valence-corrected chi connectivity index (χ4v) is 1.66. The van der Waals surface area contributed by atoms with Gasteiger partial charge in [0.05, 0.1) is 19.8 Å². The highest BCUT2D eigenvalue weighted by Gasteiger charge is 1.95. The minimum Gasteiger partial charge on any atom is -0.385 e. The molecule has 0 saturated heterocycles. The molecule has 0 amide bonds. The molecule has 1 rings (SSSR count). The highest BCUT2D eigenvalue weighted by atomic mass is 16.5. The Morgan fingerprint density at radius 3 is 2.42 bits per heavy atom. The number of methoxy groups -OCH3 is 1. The van der Waals surface area contributed by atoms with Crippen LogP contribution in [0.2, 0.25) is 0 Å². The van der Waals surface area contributed by atoms with Crippen molar-refractivity contribution < 1.29 is 14.2 Å². The molecule has 19 heavy (non-hydrogen) atoms. The van der Waals surface area contributed by atoms with Crippen LogP contribution in [0.1, 0.15) is 12.0 Å². The van der Waals surface area contributed by atoms with E-state index in [-0.39, 0.29) is 0 Å². The molecule has 4 heteroatoms. The number of anilines is 1. The maximum atomic E-state index is 5.48. The number of para-hydroxylation sites is 1. The van der Waals surface area contributed by atoms with Crippen LogP contribution in [-0.4, -0.2) is 46.7 Å². The number of benzene rings is 1. The van der Waals surface area contributed by atoms with Crippen LogP contribution in [0.15, 0.2) is 24.3 Å². The third-order valence-electron chi connectivity index (χ3n) is 2.72. The first-order valence-corrected chi connectivity index (χ1v) is 6.78. The zero-order valence-corrected chi connectivity index (χ0v) is 12.0. The lowest BCUT2D eigenvalue weighted by atomic mass is 10.2. The van der Waals surface area contributed by atoms with Gasteiger partial charge in [-0.15, -0.1) is 0 Å². The largest absolute Gasteiger partial charge is 0.385 e. The van der Waals surface area contributed by atoms with Crippen LogP contribution in [0.5, 0.6) is 0 Å². The van der Waals surface area contributed by atoms with Gasteiger partial charge in [0.25, 0.3) is 0 Å². The van der Waals surface area contributed by atoms with E-state index in [1.54, 1.807) is 7.11 Å². The molecule has 0 spiro atoms. The molecule has 0 aliphatic rings. The van der Waals surface area contributed by atoms with Crippen LogP contribution in [0, 0.1) is 6.92 Å². The molecule has 0 saturated carbocycles. The summed E-state index contributed by atoms with van der Waals surface area (Å²) < 4.78 is 15.8. The second kappa shape index (κ2) is 10.8. The Bertz CT molecular complexity index is 331. The summed E-state index contributed by atoms with van der Waals surface area (Å²) in [5, 5.41) is 3.35. The molecule has 0 heterocycles. The van der Waals surface area contributed by atoms with E-state index in [1.807, 2.05) is 12.1 Å². The molecule has 0 radical (unpaired) electrons. The summed E-state index contributed by atoms with van der Waals surface area (Å²) in [6.07, 6.45) is 0.936. The van der Waals surface area contributed by atoms with E-state index < -0.39 is 0 Å². The normalized spacial score (nSPS) is 10.6. The first-order valence-electron chi connectivity index (χ1n) is 6.78. The van der Waals surface area contributed by atoms with Crippen molar-refractivity contribution in [1.82, 2.24) is 0 Å². The molecule has 1 aromatic rings. The summed E-state index contributed by atoms with van der Waals surface area (Å²) in [6.45, 7) is 6.37. The van der Waals surface area contributed by atoms with Crippen molar-refractivity contribution in [3.8, 4) is 0 Å². The van der Waals surface area contributed by atoms with E-state index in [1.165, 1.54) is 11.3 Å². The molecule has 1 N–H and O–H groups in total. The van der Waals surface area contributed by atoms with Crippen LogP contribution < -0.4 is 5.32 Å². The average molecular weight is 267 g/mol. The van der Waals surface area contributed by atoms with Crippen molar-refractivity contribution >= 4 is 5.69 Å². The Labute approximate surface area is 116 Å². The zero-order chi connectivity index (χ0) is 13.8. The van der Waals surface area contributed by atoms with Gasteiger partial charge in [0.2, 0.25) is 0 Å². The monoisotopic (exact) mass is 267 g/mol. The van der Waals surface area contributed by atoms with Gasteiger partial charge in [-0.3, -0.25) is 0 Å². The van der Waals surface area contributed by atoms with Crippen molar-refractivity contribution in [3.63, 3.8) is 0 Å². The molecule has 0 unspecified atom stereocenters. The Hall–Kier alpha value is -1.10. The second-order valence-corrected chi connectivity index (χ2v) is 4.31. The van der Waals surface area contributed by atoms with Crippen molar-refractivity contribution in [3.05, 3.63) is 29.8 Å². The quantitative estimate of drug-likeness (QED) is 0.625. The van der Waals surface area contributed by atoms with Gasteiger partial charge in [-0.05, 0) is 25.0 Å². The Morgan fingerprint density at radius 2 is 1.68 bits per heavy atom. The fourth-order valence-electron chi connectivity index (χ4n) is 1.66. The maximum Gasteiger partial charge on any atom is 0.0701 e. The van der Waals surface area contributed by atoms with Gasteiger partial charge in [0.15, 0.2) is 0 Å². The van der Waals surface area contributed by atoms with Gasteiger partial charge < -0.3 is 19.5 Å². The van der Waals surface area contributed by atoms with Gasteiger partial charge in [-0.25, -0.2) is 0 Å². The molecule has 4 nitrogen and oxygen atoms in total. The Balaban J connectivity index is 1.90. The predicted octanol–water partition coefficient (Wildman–Crippen LogP) is 2.48. The van der Waals surface area contributed by atoms with E-state index >= 15 is 0 Å². The Kier molecular flexibility index (Phi) is 9.06. The predicted molar refractivity (Wildman–Crippen MR) is 77.8 cm³/mol. The smallest absolute Gasteiger partial charge is 0.0701 e. The second-order valence-electron chi connectivity index (χ2n) is 4.31. The lowest BCUT2D eigenvalue weighted by Crippen LogP contribution is -2.13. The van der Waals surface area contributed by atoms with Crippen LogP contribution in [-0.2, 0) is 14.2 Å². The molecular formula is C15H25NO3. The van der Waals surface area contributed by atoms with Crippen molar-refractivity contribution in [2.24, 2.45) is 0 Å². The molecule has 0 atom stereocenters. The number of hydrogen-bond donors (Lipinski definition) is 1. The Morgan fingerprint density at radius 1 is 0.947 bits per heavy atom. The number of nitrogens with one attached hydrogen (secondary N) is 1. The first kappa shape index (κ1) is 16.0. The minimum absolute atomic E-state index is 0.641. The van der Waals surface area contributed by atoms with Crippen molar-refractivity contribution in [1.29, 1.82) is 0 Å². The van der Waals surface area contributed by atoms with E-state index in [9.17, 15) is 0 Å². The number of hydrogen-bond acceptors (Lipinski definition) is 4. The zero-order valence-electron chi connectivity index (χ0n) is 12.0. The molecular weight excluding hydrogens is 242 g/mol. The number of ether oxygens (including phenoxy) is 3. The highest BCUT2D eigenvalue weighted by molar-refractivity contribution is 5.50. The molecule has 108 valence electrons. The molecule has 0 fully saturated rings. The first-order chi connectivity index (χ1) is 9.34. The third kappa shape index (κ3) is 7.82. The van der Waals surface area contributed by atoms with Gasteiger partial charge >= 0.3 is 0 Å². The molecule has 0 aliphatic heterocycles. The third-order valence-corrected chi connectivity index (χ3v) is 2.72. The average Bonchev–Trinajstić information content (AvgIpc) is 2.43. The topological polar surface area (TPSA) is 39.7 Å². The van der Waals surface area contributed by atoms with Crippen molar-refractivity contribution in [2.45, 2.75) is 13.3 Å². The SMILES string of the molecule is COCCCOCCOCCNc1ccccc1C. The molecule has 1 aromatic carbocycles. The fraction of sp³-hybridized carbons (Fsp3) is 0.600. The number of aryl methyl sites for hydroxylation is 1. The molecule has 0 bridgehead atoms. The van der Waals surface area contributed by atoms with Crippen LogP contribution in [0.25, 0.3) is 0 Å². The standard InChI is InChI=1S/C15H25NO3/c1-14-6-3-4-7-15(14)16-8-11-19-13-12-18-10-5-9-17-2/h3-4,6-7,16H,5,8-13H2,1-2H3. The lowest BCUT2D eigenvalue weighted by molar-refractivity contribution is 0.0431. The van der Waals surface area contributed by atoms with Gasteiger partial charge in [-0.2, -0.15) is 0 Å². The minimum atomic E-state index is 0.641. The van der Waals surface area contributed by atoms with Crippen LogP contribution in [0.3, 0.4) is 0 Å². The maximum absolute atomic E-state index is 5.48. The molecule has 0 aromatic heterocycles. The van der Waals surface area contributed by atoms with E-state index in [0.29, 0.717) is 19.8 Å². The lowest BCUT2D eigenvalue weighted by Gasteiger charge is -2.09. The molecule has 0 aliphatic carbocycles. The summed E-state index contributed by atoms with van der Waals surface area (Å²) in [4.78, 5) is 0. The summed E-state index contributed by atoms with van der Waals surface area (Å²) in [5.74, 6) is 0. The van der Waals surface area contributed by atoms with E-state index in [2.05, 4.69) is 24.4 Å².